The molecular formula is C14H11N3O3. The second-order valence-electron chi connectivity index (χ2n) is 4.34. The van der Waals surface area contributed by atoms with Gasteiger partial charge in [0, 0.05) is 11.1 Å². The van der Waals surface area contributed by atoms with Gasteiger partial charge in [-0.1, -0.05) is 12.1 Å². The topological polar surface area (TPSA) is 92.0 Å². The highest BCUT2D eigenvalue weighted by Crippen LogP contribution is 2.23. The van der Waals surface area contributed by atoms with Crippen LogP contribution in [0.15, 0.2) is 41.0 Å². The number of oxazole rings is 1. The number of hydrogen-bond donors (Lipinski definition) is 2. The summed E-state index contributed by atoms with van der Waals surface area (Å²) in [5.74, 6) is -0.474. The minimum Gasteiger partial charge on any atom is -0.477 e. The summed E-state index contributed by atoms with van der Waals surface area (Å²) in [6.07, 6.45) is 1.59. The summed E-state index contributed by atoms with van der Waals surface area (Å²) in [6, 6.07) is 8.89. The highest BCUT2D eigenvalue weighted by molar-refractivity contribution is 5.86. The summed E-state index contributed by atoms with van der Waals surface area (Å²) in [7, 11) is 0. The van der Waals surface area contributed by atoms with E-state index in [1.165, 1.54) is 6.07 Å². The van der Waals surface area contributed by atoms with Crippen LogP contribution in [0.1, 0.15) is 16.2 Å². The van der Waals surface area contributed by atoms with Gasteiger partial charge in [-0.15, -0.1) is 0 Å². The first-order valence-corrected chi connectivity index (χ1v) is 5.95. The minimum absolute atomic E-state index is 0.0624. The van der Waals surface area contributed by atoms with Crippen molar-refractivity contribution < 1.29 is 14.3 Å². The largest absolute Gasteiger partial charge is 0.477 e. The summed E-state index contributed by atoms with van der Waals surface area (Å²) in [6.45, 7) is 1.86. The molecule has 6 nitrogen and oxygen atoms in total. The van der Waals surface area contributed by atoms with Gasteiger partial charge in [0.05, 0.1) is 11.4 Å². The van der Waals surface area contributed by atoms with E-state index in [0.717, 1.165) is 16.8 Å². The second kappa shape index (κ2) is 4.65. The van der Waals surface area contributed by atoms with Crippen molar-refractivity contribution >= 4 is 5.97 Å². The van der Waals surface area contributed by atoms with Crippen molar-refractivity contribution in [1.82, 2.24) is 15.2 Å². The van der Waals surface area contributed by atoms with Crippen LogP contribution in [0.25, 0.3) is 22.7 Å². The van der Waals surface area contributed by atoms with Crippen molar-refractivity contribution in [1.29, 1.82) is 0 Å². The Labute approximate surface area is 114 Å². The molecule has 6 heteroatoms. The lowest BCUT2D eigenvalue weighted by atomic mass is 10.1. The molecule has 0 fully saturated rings. The second-order valence-corrected chi connectivity index (χ2v) is 4.34. The Morgan fingerprint density at radius 2 is 1.95 bits per heavy atom. The third kappa shape index (κ3) is 2.18. The maximum absolute atomic E-state index is 10.8. The number of rotatable bonds is 3. The minimum atomic E-state index is -1.03. The van der Waals surface area contributed by atoms with Crippen molar-refractivity contribution in [3.63, 3.8) is 0 Å². The van der Waals surface area contributed by atoms with Crippen LogP contribution in [0.5, 0.6) is 0 Å². The fourth-order valence-corrected chi connectivity index (χ4v) is 1.85. The number of H-pyrrole nitrogens is 1. The van der Waals surface area contributed by atoms with Gasteiger partial charge < -0.3 is 9.52 Å². The number of benzene rings is 1. The van der Waals surface area contributed by atoms with Gasteiger partial charge in [-0.3, -0.25) is 5.10 Å². The molecule has 0 saturated carbocycles. The molecule has 1 aromatic carbocycles. The molecule has 2 aromatic heterocycles. The molecule has 0 saturated heterocycles. The van der Waals surface area contributed by atoms with Crippen LogP contribution < -0.4 is 0 Å². The number of carboxylic acid groups (broad SMARTS) is 1. The van der Waals surface area contributed by atoms with E-state index in [1.54, 1.807) is 6.26 Å². The maximum Gasteiger partial charge on any atom is 0.353 e. The number of hydrogen-bond acceptors (Lipinski definition) is 4. The van der Waals surface area contributed by atoms with E-state index in [9.17, 15) is 4.79 Å². The van der Waals surface area contributed by atoms with Gasteiger partial charge in [-0.05, 0) is 25.1 Å². The molecule has 0 aliphatic rings. The van der Waals surface area contributed by atoms with Crippen LogP contribution >= 0.6 is 0 Å². The average Bonchev–Trinajstić information content (AvgIpc) is 3.08. The fourth-order valence-electron chi connectivity index (χ4n) is 1.85. The van der Waals surface area contributed by atoms with E-state index in [2.05, 4.69) is 15.2 Å². The summed E-state index contributed by atoms with van der Waals surface area (Å²) in [5, 5.41) is 15.3. The first-order valence-electron chi connectivity index (χ1n) is 5.95. The normalized spacial score (nSPS) is 10.7. The monoisotopic (exact) mass is 269 g/mol. The van der Waals surface area contributed by atoms with Gasteiger partial charge in [0.25, 0.3) is 0 Å². The van der Waals surface area contributed by atoms with Crippen LogP contribution in [0, 0.1) is 6.92 Å². The summed E-state index contributed by atoms with van der Waals surface area (Å²) in [4.78, 5) is 15.0. The molecule has 20 heavy (non-hydrogen) atoms. The van der Waals surface area contributed by atoms with Crippen molar-refractivity contribution in [2.45, 2.75) is 6.92 Å². The maximum atomic E-state index is 10.8. The summed E-state index contributed by atoms with van der Waals surface area (Å²) < 4.78 is 5.32. The van der Waals surface area contributed by atoms with Crippen molar-refractivity contribution in [2.24, 2.45) is 0 Å². The summed E-state index contributed by atoms with van der Waals surface area (Å²) in [5.41, 5.74) is 3.14. The number of aromatic amines is 1. The third-order valence-corrected chi connectivity index (χ3v) is 2.85. The number of carboxylic acids is 1. The molecule has 100 valence electrons. The number of aromatic carboxylic acids is 1. The van der Waals surface area contributed by atoms with Gasteiger partial charge in [0.1, 0.15) is 12.0 Å². The van der Waals surface area contributed by atoms with Crippen molar-refractivity contribution in [3.05, 3.63) is 48.0 Å². The fraction of sp³-hybridized carbons (Fsp3) is 0.0714. The van der Waals surface area contributed by atoms with Gasteiger partial charge in [-0.25, -0.2) is 9.78 Å². The SMILES string of the molecule is Cc1coc(-c2ccc(-c3cc(C(=O)O)[nH]n3)cc2)n1. The molecule has 0 atom stereocenters. The standard InChI is InChI=1S/C14H11N3O3/c1-8-7-20-13(15-8)10-4-2-9(3-5-10)11-6-12(14(18)19)17-16-11/h2-7H,1H3,(H,16,17)(H,18,19). The average molecular weight is 269 g/mol. The van der Waals surface area contributed by atoms with Crippen LogP contribution in [0.4, 0.5) is 0 Å². The van der Waals surface area contributed by atoms with Crippen LogP contribution in [0.2, 0.25) is 0 Å². The Morgan fingerprint density at radius 3 is 2.50 bits per heavy atom. The molecule has 2 heterocycles. The molecule has 0 aliphatic carbocycles. The third-order valence-electron chi connectivity index (χ3n) is 2.85. The van der Waals surface area contributed by atoms with Crippen LogP contribution in [-0.4, -0.2) is 26.3 Å². The van der Waals surface area contributed by atoms with Gasteiger partial charge in [-0.2, -0.15) is 5.10 Å². The number of nitrogens with zero attached hydrogens (tertiary/aromatic N) is 2. The van der Waals surface area contributed by atoms with E-state index >= 15 is 0 Å². The number of aryl methyl sites for hydroxylation is 1. The first-order chi connectivity index (χ1) is 9.63. The number of nitrogens with one attached hydrogen (secondary N) is 1. The van der Waals surface area contributed by atoms with Crippen LogP contribution in [0.3, 0.4) is 0 Å². The molecule has 2 N–H and O–H groups in total. The first kappa shape index (κ1) is 12.2. The lowest BCUT2D eigenvalue weighted by molar-refractivity contribution is 0.0690. The van der Waals surface area contributed by atoms with Crippen molar-refractivity contribution in [3.8, 4) is 22.7 Å². The zero-order valence-corrected chi connectivity index (χ0v) is 10.6. The Balaban J connectivity index is 1.90. The van der Waals surface area contributed by atoms with Crippen molar-refractivity contribution in [2.75, 3.05) is 0 Å². The zero-order valence-electron chi connectivity index (χ0n) is 10.6. The zero-order chi connectivity index (χ0) is 14.1. The predicted octanol–water partition coefficient (Wildman–Crippen LogP) is 2.74. The van der Waals surface area contributed by atoms with Crippen LogP contribution in [-0.2, 0) is 0 Å². The predicted molar refractivity (Wildman–Crippen MR) is 71.2 cm³/mol. The smallest absolute Gasteiger partial charge is 0.353 e. The Hall–Kier alpha value is -2.89. The molecule has 3 aromatic rings. The molecule has 0 spiro atoms. The van der Waals surface area contributed by atoms with E-state index in [-0.39, 0.29) is 5.69 Å². The highest BCUT2D eigenvalue weighted by Gasteiger charge is 2.10. The number of aromatic nitrogens is 3. The molecule has 0 aliphatic heterocycles. The van der Waals surface area contributed by atoms with E-state index in [0.29, 0.717) is 11.6 Å². The molecule has 0 unspecified atom stereocenters. The molecule has 0 radical (unpaired) electrons. The lowest BCUT2D eigenvalue weighted by Crippen LogP contribution is -1.95. The Morgan fingerprint density at radius 1 is 1.25 bits per heavy atom. The van der Waals surface area contributed by atoms with E-state index in [4.69, 9.17) is 9.52 Å². The summed E-state index contributed by atoms with van der Waals surface area (Å²) >= 11 is 0. The lowest BCUT2D eigenvalue weighted by Gasteiger charge is -1.98. The molecular weight excluding hydrogens is 258 g/mol. The van der Waals surface area contributed by atoms with Gasteiger partial charge in [0.2, 0.25) is 5.89 Å². The quantitative estimate of drug-likeness (QED) is 0.762. The van der Waals surface area contributed by atoms with Gasteiger partial charge >= 0.3 is 5.97 Å². The number of carbonyl (C=O) groups is 1. The Bertz CT molecular complexity index is 756. The van der Waals surface area contributed by atoms with E-state index in [1.807, 2.05) is 31.2 Å². The molecule has 0 amide bonds. The van der Waals surface area contributed by atoms with E-state index < -0.39 is 5.97 Å². The molecule has 0 bridgehead atoms. The van der Waals surface area contributed by atoms with Gasteiger partial charge in [0.15, 0.2) is 0 Å². The Kier molecular flexibility index (Phi) is 2.83. The molecule has 3 rings (SSSR count). The highest BCUT2D eigenvalue weighted by atomic mass is 16.4.